The molecule has 0 aromatic heterocycles. The molecule has 0 unspecified atom stereocenters. The van der Waals surface area contributed by atoms with E-state index in [-0.39, 0.29) is 13.2 Å². The van der Waals surface area contributed by atoms with Crippen LogP contribution >= 0.6 is 11.6 Å². The fraction of sp³-hybridized carbons (Fsp3) is 0.333. The summed E-state index contributed by atoms with van der Waals surface area (Å²) in [5.74, 6) is -1.43. The summed E-state index contributed by atoms with van der Waals surface area (Å²) in [6, 6.07) is 7.26. The molecule has 0 radical (unpaired) electrons. The van der Waals surface area contributed by atoms with E-state index in [1.807, 2.05) is 12.1 Å². The highest BCUT2D eigenvalue weighted by molar-refractivity contribution is 6.35. The Balaban J connectivity index is 2.27. The lowest BCUT2D eigenvalue weighted by atomic mass is 10.1. The van der Waals surface area contributed by atoms with Crippen LogP contribution in [0.15, 0.2) is 24.3 Å². The molecule has 0 saturated heterocycles. The van der Waals surface area contributed by atoms with Crippen LogP contribution in [0.3, 0.4) is 0 Å². The highest BCUT2D eigenvalue weighted by Gasteiger charge is 2.11. The van der Waals surface area contributed by atoms with Crippen molar-refractivity contribution in [3.05, 3.63) is 34.9 Å². The number of amides is 2. The maximum absolute atomic E-state index is 11.3. The molecule has 0 spiro atoms. The predicted octanol–water partition coefficient (Wildman–Crippen LogP) is 0.107. The van der Waals surface area contributed by atoms with Crippen LogP contribution in [0.5, 0.6) is 0 Å². The van der Waals surface area contributed by atoms with Gasteiger partial charge in [0.05, 0.1) is 6.61 Å². The first-order valence-corrected chi connectivity index (χ1v) is 5.92. The molecule has 1 aromatic carbocycles. The molecule has 0 aliphatic carbocycles. The Morgan fingerprint density at radius 1 is 1.06 bits per heavy atom. The van der Waals surface area contributed by atoms with Gasteiger partial charge < -0.3 is 15.7 Å². The molecule has 18 heavy (non-hydrogen) atoms. The topological polar surface area (TPSA) is 78.4 Å². The van der Waals surface area contributed by atoms with Gasteiger partial charge in [0.1, 0.15) is 0 Å². The highest BCUT2D eigenvalue weighted by atomic mass is 35.5. The van der Waals surface area contributed by atoms with E-state index in [1.54, 1.807) is 12.1 Å². The van der Waals surface area contributed by atoms with E-state index < -0.39 is 11.8 Å². The fourth-order valence-corrected chi connectivity index (χ4v) is 1.43. The van der Waals surface area contributed by atoms with Crippen LogP contribution in [0.4, 0.5) is 0 Å². The van der Waals surface area contributed by atoms with Crippen molar-refractivity contribution in [1.82, 2.24) is 10.6 Å². The summed E-state index contributed by atoms with van der Waals surface area (Å²) in [4.78, 5) is 22.4. The highest BCUT2D eigenvalue weighted by Crippen LogP contribution is 2.09. The number of aliphatic hydroxyl groups excluding tert-OH is 1. The molecule has 98 valence electrons. The Hall–Kier alpha value is -1.59. The number of nitrogens with one attached hydrogen (secondary N) is 2. The molecule has 1 rings (SSSR count). The first-order chi connectivity index (χ1) is 8.63. The van der Waals surface area contributed by atoms with E-state index in [9.17, 15) is 9.59 Å². The van der Waals surface area contributed by atoms with E-state index in [4.69, 9.17) is 16.7 Å². The summed E-state index contributed by atoms with van der Waals surface area (Å²) in [7, 11) is 0. The second kappa shape index (κ2) is 7.68. The summed E-state index contributed by atoms with van der Waals surface area (Å²) < 4.78 is 0. The van der Waals surface area contributed by atoms with Crippen LogP contribution in [0.2, 0.25) is 5.02 Å². The monoisotopic (exact) mass is 270 g/mol. The Bertz CT molecular complexity index is 406. The third kappa shape index (κ3) is 5.16. The van der Waals surface area contributed by atoms with E-state index >= 15 is 0 Å². The number of hydrogen-bond donors (Lipinski definition) is 3. The lowest BCUT2D eigenvalue weighted by Crippen LogP contribution is -2.41. The van der Waals surface area contributed by atoms with E-state index in [0.29, 0.717) is 18.0 Å². The molecule has 6 heteroatoms. The van der Waals surface area contributed by atoms with Crippen molar-refractivity contribution in [2.24, 2.45) is 0 Å². The molecule has 0 aliphatic rings. The van der Waals surface area contributed by atoms with E-state index in [2.05, 4.69) is 10.6 Å². The van der Waals surface area contributed by atoms with Crippen LogP contribution in [-0.2, 0) is 16.0 Å². The van der Waals surface area contributed by atoms with E-state index in [1.165, 1.54) is 0 Å². The molecule has 0 fully saturated rings. The molecule has 5 nitrogen and oxygen atoms in total. The smallest absolute Gasteiger partial charge is 0.309 e. The molecule has 3 N–H and O–H groups in total. The first kappa shape index (κ1) is 14.5. The van der Waals surface area contributed by atoms with Gasteiger partial charge in [-0.2, -0.15) is 0 Å². The zero-order valence-electron chi connectivity index (χ0n) is 9.78. The molecule has 0 aliphatic heterocycles. The summed E-state index contributed by atoms with van der Waals surface area (Å²) in [5, 5.41) is 13.9. The van der Waals surface area contributed by atoms with Crippen LogP contribution < -0.4 is 10.6 Å². The number of carbonyl (C=O) groups is 2. The number of aliphatic hydroxyl groups is 1. The summed E-state index contributed by atoms with van der Waals surface area (Å²) in [6.07, 6.45) is 0.621. The minimum Gasteiger partial charge on any atom is -0.395 e. The molecule has 0 bridgehead atoms. The number of benzene rings is 1. The lowest BCUT2D eigenvalue weighted by molar-refractivity contribution is -0.139. The van der Waals surface area contributed by atoms with Gasteiger partial charge in [-0.25, -0.2) is 0 Å². The van der Waals surface area contributed by atoms with Gasteiger partial charge in [0.2, 0.25) is 0 Å². The van der Waals surface area contributed by atoms with Crippen molar-refractivity contribution in [3.8, 4) is 0 Å². The molecule has 1 aromatic rings. The largest absolute Gasteiger partial charge is 0.395 e. The van der Waals surface area contributed by atoms with Crippen molar-refractivity contribution < 1.29 is 14.7 Å². The average Bonchev–Trinajstić information content (AvgIpc) is 2.38. The lowest BCUT2D eigenvalue weighted by Gasteiger charge is -2.05. The fourth-order valence-electron chi connectivity index (χ4n) is 1.30. The number of carbonyl (C=O) groups excluding carboxylic acids is 2. The molecule has 2 amide bonds. The van der Waals surface area contributed by atoms with Gasteiger partial charge in [-0.05, 0) is 24.1 Å². The quantitative estimate of drug-likeness (QED) is 0.665. The Kier molecular flexibility index (Phi) is 6.18. The normalized spacial score (nSPS) is 9.89. The van der Waals surface area contributed by atoms with Gasteiger partial charge in [-0.1, -0.05) is 23.7 Å². The average molecular weight is 271 g/mol. The minimum absolute atomic E-state index is 0.0729. The van der Waals surface area contributed by atoms with Gasteiger partial charge in [0.15, 0.2) is 0 Å². The SMILES string of the molecule is O=C(NCCO)C(=O)NCCc1ccc(Cl)cc1. The molecule has 0 atom stereocenters. The van der Waals surface area contributed by atoms with Crippen LogP contribution in [0.25, 0.3) is 0 Å². The molecular weight excluding hydrogens is 256 g/mol. The van der Waals surface area contributed by atoms with Crippen molar-refractivity contribution in [3.63, 3.8) is 0 Å². The van der Waals surface area contributed by atoms with Crippen molar-refractivity contribution in [2.45, 2.75) is 6.42 Å². The molecule has 0 heterocycles. The van der Waals surface area contributed by atoms with Crippen LogP contribution in [-0.4, -0.2) is 36.6 Å². The van der Waals surface area contributed by atoms with Crippen molar-refractivity contribution in [1.29, 1.82) is 0 Å². The maximum Gasteiger partial charge on any atom is 0.309 e. The maximum atomic E-state index is 11.3. The zero-order chi connectivity index (χ0) is 13.4. The standard InChI is InChI=1S/C12H15ClN2O3/c13-10-3-1-9(2-4-10)5-6-14-11(17)12(18)15-7-8-16/h1-4,16H,5-8H2,(H,14,17)(H,15,18). The first-order valence-electron chi connectivity index (χ1n) is 5.55. The number of rotatable bonds is 5. The van der Waals surface area contributed by atoms with Crippen LogP contribution in [0.1, 0.15) is 5.56 Å². The van der Waals surface area contributed by atoms with Crippen molar-refractivity contribution in [2.75, 3.05) is 19.7 Å². The Morgan fingerprint density at radius 3 is 2.17 bits per heavy atom. The Labute approximate surface area is 110 Å². The summed E-state index contributed by atoms with van der Waals surface area (Å²) in [6.45, 7) is 0.250. The summed E-state index contributed by atoms with van der Waals surface area (Å²) >= 11 is 5.74. The molecule has 0 saturated carbocycles. The zero-order valence-corrected chi connectivity index (χ0v) is 10.5. The summed E-state index contributed by atoms with van der Waals surface area (Å²) in [5.41, 5.74) is 1.02. The Morgan fingerprint density at radius 2 is 1.61 bits per heavy atom. The predicted molar refractivity (Wildman–Crippen MR) is 68.3 cm³/mol. The van der Waals surface area contributed by atoms with Gasteiger partial charge in [0.25, 0.3) is 0 Å². The van der Waals surface area contributed by atoms with E-state index in [0.717, 1.165) is 5.56 Å². The molecular formula is C12H15ClN2O3. The van der Waals surface area contributed by atoms with Crippen LogP contribution in [0, 0.1) is 0 Å². The minimum atomic E-state index is -0.736. The number of halogens is 1. The third-order valence-corrected chi connectivity index (χ3v) is 2.47. The number of hydrogen-bond acceptors (Lipinski definition) is 3. The van der Waals surface area contributed by atoms with Gasteiger partial charge in [0, 0.05) is 18.1 Å². The van der Waals surface area contributed by atoms with Crippen molar-refractivity contribution >= 4 is 23.4 Å². The van der Waals surface area contributed by atoms with Gasteiger partial charge in [-0.15, -0.1) is 0 Å². The second-order valence-electron chi connectivity index (χ2n) is 3.61. The second-order valence-corrected chi connectivity index (χ2v) is 4.05. The van der Waals surface area contributed by atoms with Gasteiger partial charge >= 0.3 is 11.8 Å². The third-order valence-electron chi connectivity index (χ3n) is 2.22. The van der Waals surface area contributed by atoms with Gasteiger partial charge in [-0.3, -0.25) is 9.59 Å².